The van der Waals surface area contributed by atoms with Gasteiger partial charge in [0.2, 0.25) is 10.0 Å². The van der Waals surface area contributed by atoms with Gasteiger partial charge in [-0.25, -0.2) is 22.9 Å². The molecule has 36 heavy (non-hydrogen) atoms. The molecule has 4 rings (SSSR count). The molecule has 0 saturated carbocycles. The fraction of sp³-hybridized carbons (Fsp3) is 0.160. The van der Waals surface area contributed by atoms with Crippen LogP contribution in [0, 0.1) is 0 Å². The second-order valence-corrected chi connectivity index (χ2v) is 10.6. The van der Waals surface area contributed by atoms with E-state index in [0.29, 0.717) is 16.3 Å². The van der Waals surface area contributed by atoms with E-state index in [1.165, 1.54) is 30.4 Å². The number of hydrogen-bond donors (Lipinski definition) is 2. The van der Waals surface area contributed by atoms with Crippen molar-refractivity contribution in [1.82, 2.24) is 9.71 Å². The number of methoxy groups -OCH3 is 1. The van der Waals surface area contributed by atoms with E-state index in [2.05, 4.69) is 14.7 Å². The molecule has 0 aliphatic rings. The average molecular weight is 525 g/mol. The minimum atomic E-state index is -3.84. The van der Waals surface area contributed by atoms with E-state index in [-0.39, 0.29) is 17.2 Å². The van der Waals surface area contributed by atoms with Crippen LogP contribution < -0.4 is 15.2 Å². The molecular formula is C25H24N4O5S2. The predicted octanol–water partition coefficient (Wildman–Crippen LogP) is 3.75. The summed E-state index contributed by atoms with van der Waals surface area (Å²) in [5.41, 5.74) is 8.01. The van der Waals surface area contributed by atoms with Gasteiger partial charge in [0.05, 0.1) is 28.3 Å². The highest BCUT2D eigenvalue weighted by Gasteiger charge is 2.25. The summed E-state index contributed by atoms with van der Waals surface area (Å²) in [6, 6.07) is 20.1. The predicted molar refractivity (Wildman–Crippen MR) is 138 cm³/mol. The summed E-state index contributed by atoms with van der Waals surface area (Å²) in [4.78, 5) is 20.5. The van der Waals surface area contributed by atoms with Crippen LogP contribution in [0.4, 0.5) is 0 Å². The SMILES string of the molecule is COc1ccc2nc(C(Cc3cccc(C(N)=NOC(C)=O)c3)NS(=O)(=O)c3ccccc3)sc2c1. The molecule has 9 nitrogen and oxygen atoms in total. The Kier molecular flexibility index (Phi) is 7.63. The number of nitrogens with one attached hydrogen (secondary N) is 1. The highest BCUT2D eigenvalue weighted by molar-refractivity contribution is 7.89. The lowest BCUT2D eigenvalue weighted by Gasteiger charge is -2.17. The molecule has 0 spiro atoms. The van der Waals surface area contributed by atoms with Crippen molar-refractivity contribution in [1.29, 1.82) is 0 Å². The first kappa shape index (κ1) is 25.3. The van der Waals surface area contributed by atoms with Crippen molar-refractivity contribution in [3.8, 4) is 5.75 Å². The first-order chi connectivity index (χ1) is 17.2. The van der Waals surface area contributed by atoms with Crippen LogP contribution >= 0.6 is 11.3 Å². The van der Waals surface area contributed by atoms with E-state index in [1.807, 2.05) is 24.3 Å². The molecule has 3 aromatic carbocycles. The highest BCUT2D eigenvalue weighted by Crippen LogP contribution is 2.32. The molecule has 1 atom stereocenters. The van der Waals surface area contributed by atoms with E-state index in [1.54, 1.807) is 43.5 Å². The standard InChI is InChI=1S/C25H24N4O5S2/c1-16(30)34-28-24(26)18-8-6-7-17(13-18)14-22(29-36(31,32)20-9-4-3-5-10-20)25-27-21-12-11-19(33-2)15-23(21)35-25/h3-13,15,22,29H,14H2,1-2H3,(H2,26,28). The topological polar surface area (TPSA) is 133 Å². The second-order valence-electron chi connectivity index (χ2n) is 7.84. The van der Waals surface area contributed by atoms with Crippen LogP contribution in [0.3, 0.4) is 0 Å². The summed E-state index contributed by atoms with van der Waals surface area (Å²) in [7, 11) is -2.25. The van der Waals surface area contributed by atoms with Gasteiger partial charge in [-0.1, -0.05) is 41.6 Å². The number of aromatic nitrogens is 1. The molecule has 0 aliphatic carbocycles. The van der Waals surface area contributed by atoms with Crippen LogP contribution in [-0.4, -0.2) is 32.3 Å². The number of thiazole rings is 1. The normalized spacial score (nSPS) is 12.9. The van der Waals surface area contributed by atoms with E-state index >= 15 is 0 Å². The van der Waals surface area contributed by atoms with E-state index in [0.717, 1.165) is 15.8 Å². The first-order valence-electron chi connectivity index (χ1n) is 10.9. The number of amidine groups is 1. The third-order valence-electron chi connectivity index (χ3n) is 5.20. The van der Waals surface area contributed by atoms with Gasteiger partial charge >= 0.3 is 5.97 Å². The van der Waals surface area contributed by atoms with Gasteiger partial charge in [-0.05, 0) is 48.4 Å². The molecule has 0 aliphatic heterocycles. The van der Waals surface area contributed by atoms with Gasteiger partial charge in [0.1, 0.15) is 10.8 Å². The Morgan fingerprint density at radius 3 is 2.61 bits per heavy atom. The van der Waals surface area contributed by atoms with Gasteiger partial charge in [0.25, 0.3) is 0 Å². The number of ether oxygens (including phenoxy) is 1. The largest absolute Gasteiger partial charge is 0.497 e. The molecule has 4 aromatic rings. The van der Waals surface area contributed by atoms with Crippen molar-refractivity contribution in [2.45, 2.75) is 24.3 Å². The molecule has 0 fully saturated rings. The van der Waals surface area contributed by atoms with Crippen LogP contribution in [0.15, 0.2) is 82.8 Å². The van der Waals surface area contributed by atoms with Crippen molar-refractivity contribution < 1.29 is 22.8 Å². The molecule has 186 valence electrons. The Labute approximate surface area is 212 Å². The summed E-state index contributed by atoms with van der Waals surface area (Å²) in [5.74, 6) is 0.131. The summed E-state index contributed by atoms with van der Waals surface area (Å²) in [5, 5.41) is 4.23. The maximum atomic E-state index is 13.2. The summed E-state index contributed by atoms with van der Waals surface area (Å²) in [6.07, 6.45) is 0.289. The van der Waals surface area contributed by atoms with E-state index in [9.17, 15) is 13.2 Å². The van der Waals surface area contributed by atoms with Crippen molar-refractivity contribution >= 4 is 43.4 Å². The number of carbonyl (C=O) groups excluding carboxylic acids is 1. The Morgan fingerprint density at radius 1 is 1.11 bits per heavy atom. The first-order valence-corrected chi connectivity index (χ1v) is 13.2. The number of nitrogens with zero attached hydrogens (tertiary/aromatic N) is 2. The third-order valence-corrected chi connectivity index (χ3v) is 7.82. The molecule has 1 aromatic heterocycles. The fourth-order valence-electron chi connectivity index (χ4n) is 3.49. The van der Waals surface area contributed by atoms with Crippen LogP contribution in [0.5, 0.6) is 5.75 Å². The van der Waals surface area contributed by atoms with Crippen LogP contribution in [0.1, 0.15) is 29.1 Å². The monoisotopic (exact) mass is 524 g/mol. The van der Waals surface area contributed by atoms with E-state index in [4.69, 9.17) is 15.5 Å². The lowest BCUT2D eigenvalue weighted by atomic mass is 10.0. The van der Waals surface area contributed by atoms with Gasteiger partial charge < -0.3 is 15.3 Å². The molecule has 3 N–H and O–H groups in total. The summed E-state index contributed by atoms with van der Waals surface area (Å²) < 4.78 is 35.4. The Morgan fingerprint density at radius 2 is 1.89 bits per heavy atom. The van der Waals surface area contributed by atoms with E-state index < -0.39 is 22.0 Å². The Hall–Kier alpha value is -3.80. The zero-order valence-corrected chi connectivity index (χ0v) is 21.2. The van der Waals surface area contributed by atoms with Crippen molar-refractivity contribution in [3.63, 3.8) is 0 Å². The van der Waals surface area contributed by atoms with Crippen LogP contribution in [-0.2, 0) is 26.1 Å². The molecule has 0 bridgehead atoms. The Bertz CT molecular complexity index is 1520. The van der Waals surface area contributed by atoms with Gasteiger partial charge in [0, 0.05) is 12.5 Å². The number of nitrogens with two attached hydrogens (primary N) is 1. The van der Waals surface area contributed by atoms with Crippen molar-refractivity contribution in [3.05, 3.63) is 88.9 Å². The molecule has 0 radical (unpaired) electrons. The number of benzene rings is 3. The third kappa shape index (κ3) is 6.06. The smallest absolute Gasteiger partial charge is 0.332 e. The minimum absolute atomic E-state index is 0.0283. The number of oxime groups is 1. The second kappa shape index (κ2) is 10.9. The lowest BCUT2D eigenvalue weighted by Crippen LogP contribution is -2.30. The van der Waals surface area contributed by atoms with Gasteiger partial charge in [-0.15, -0.1) is 11.3 Å². The molecule has 0 amide bonds. The number of fused-ring (bicyclic) bond motifs is 1. The molecule has 1 unspecified atom stereocenters. The zero-order valence-electron chi connectivity index (χ0n) is 19.5. The van der Waals surface area contributed by atoms with Crippen LogP contribution in [0.2, 0.25) is 0 Å². The van der Waals surface area contributed by atoms with Crippen molar-refractivity contribution in [2.75, 3.05) is 7.11 Å². The average Bonchev–Trinajstić information content (AvgIpc) is 3.31. The fourth-order valence-corrected chi connectivity index (χ4v) is 5.84. The van der Waals surface area contributed by atoms with Gasteiger partial charge in [-0.3, -0.25) is 0 Å². The summed E-state index contributed by atoms with van der Waals surface area (Å²) >= 11 is 1.39. The maximum absolute atomic E-state index is 13.2. The maximum Gasteiger partial charge on any atom is 0.332 e. The highest BCUT2D eigenvalue weighted by atomic mass is 32.2. The number of rotatable bonds is 9. The quantitative estimate of drug-likeness (QED) is 0.147. The van der Waals surface area contributed by atoms with Gasteiger partial charge in [-0.2, -0.15) is 0 Å². The Balaban J connectivity index is 1.70. The summed E-state index contributed by atoms with van der Waals surface area (Å²) in [6.45, 7) is 1.23. The molecule has 0 saturated heterocycles. The minimum Gasteiger partial charge on any atom is -0.497 e. The molecule has 11 heteroatoms. The lowest BCUT2D eigenvalue weighted by molar-refractivity contribution is -0.140. The van der Waals surface area contributed by atoms with Crippen LogP contribution in [0.25, 0.3) is 10.2 Å². The van der Waals surface area contributed by atoms with Crippen molar-refractivity contribution in [2.24, 2.45) is 10.9 Å². The number of sulfonamides is 1. The molecular weight excluding hydrogens is 500 g/mol. The molecule has 1 heterocycles. The van der Waals surface area contributed by atoms with Gasteiger partial charge in [0.15, 0.2) is 5.84 Å². The number of carbonyl (C=O) groups is 1. The number of hydrogen-bond acceptors (Lipinski definition) is 8. The zero-order chi connectivity index (χ0) is 25.7.